The van der Waals surface area contributed by atoms with E-state index in [0.29, 0.717) is 19.8 Å². The summed E-state index contributed by atoms with van der Waals surface area (Å²) < 4.78 is 29.2. The fourth-order valence-corrected chi connectivity index (χ4v) is 3.38. The molecule has 2 unspecified atom stereocenters. The van der Waals surface area contributed by atoms with Crippen LogP contribution < -0.4 is 4.74 Å². The predicted molar refractivity (Wildman–Crippen MR) is 95.8 cm³/mol. The van der Waals surface area contributed by atoms with E-state index in [0.717, 1.165) is 23.3 Å². The Hall–Kier alpha value is -1.92. The SMILES string of the molecule is COc1ccc(COC2[C@H]3OCC(C[C@@H]2OCc2ccccc2)O3)cc1. The largest absolute Gasteiger partial charge is 0.497 e. The van der Waals surface area contributed by atoms with Crippen LogP contribution in [0.5, 0.6) is 5.75 Å². The van der Waals surface area contributed by atoms with Crippen molar-refractivity contribution in [2.75, 3.05) is 13.7 Å². The Morgan fingerprint density at radius 3 is 2.42 bits per heavy atom. The van der Waals surface area contributed by atoms with E-state index in [2.05, 4.69) is 12.1 Å². The third kappa shape index (κ3) is 4.07. The first-order valence-electron chi connectivity index (χ1n) is 8.99. The quantitative estimate of drug-likeness (QED) is 0.762. The van der Waals surface area contributed by atoms with Crippen molar-refractivity contribution in [3.05, 3.63) is 65.7 Å². The molecular weight excluding hydrogens is 332 g/mol. The normalized spacial score (nSPS) is 27.4. The van der Waals surface area contributed by atoms with Crippen LogP contribution in [-0.4, -0.2) is 38.3 Å². The zero-order valence-corrected chi connectivity index (χ0v) is 14.9. The molecule has 2 aliphatic rings. The van der Waals surface area contributed by atoms with Gasteiger partial charge in [-0.1, -0.05) is 42.5 Å². The smallest absolute Gasteiger partial charge is 0.186 e. The van der Waals surface area contributed by atoms with Gasteiger partial charge < -0.3 is 23.7 Å². The minimum atomic E-state index is -0.354. The summed E-state index contributed by atoms with van der Waals surface area (Å²) in [6, 6.07) is 18.0. The average molecular weight is 356 g/mol. The van der Waals surface area contributed by atoms with Crippen molar-refractivity contribution in [3.8, 4) is 5.75 Å². The van der Waals surface area contributed by atoms with Gasteiger partial charge in [-0.25, -0.2) is 0 Å². The standard InChI is InChI=1S/C21H24O5/c1-22-17-9-7-16(8-10-17)13-24-20-19(11-18-14-25-21(20)26-18)23-12-15-5-3-2-4-6-15/h2-10,18-21H,11-14H2,1H3/t18?,19-,20?,21-/m0/s1. The second-order valence-electron chi connectivity index (χ2n) is 6.65. The number of hydrogen-bond acceptors (Lipinski definition) is 5. The molecule has 5 heteroatoms. The monoisotopic (exact) mass is 356 g/mol. The van der Waals surface area contributed by atoms with Crippen LogP contribution in [0.25, 0.3) is 0 Å². The Balaban J connectivity index is 1.38. The minimum absolute atomic E-state index is 0.0419. The summed E-state index contributed by atoms with van der Waals surface area (Å²) in [4.78, 5) is 0. The lowest BCUT2D eigenvalue weighted by atomic mass is 10.0. The molecule has 4 rings (SSSR count). The Morgan fingerprint density at radius 2 is 1.65 bits per heavy atom. The first-order valence-corrected chi connectivity index (χ1v) is 8.99. The predicted octanol–water partition coefficient (Wildman–Crippen LogP) is 3.31. The molecule has 26 heavy (non-hydrogen) atoms. The van der Waals surface area contributed by atoms with E-state index >= 15 is 0 Å². The number of hydrogen-bond donors (Lipinski definition) is 0. The lowest BCUT2D eigenvalue weighted by molar-refractivity contribution is -0.227. The first kappa shape index (κ1) is 17.5. The van der Waals surface area contributed by atoms with Crippen LogP contribution in [0.4, 0.5) is 0 Å². The Kier molecular flexibility index (Phi) is 5.51. The van der Waals surface area contributed by atoms with Gasteiger partial charge in [-0.15, -0.1) is 0 Å². The number of methoxy groups -OCH3 is 1. The van der Waals surface area contributed by atoms with Crippen LogP contribution in [-0.2, 0) is 32.2 Å². The Bertz CT molecular complexity index is 687. The van der Waals surface area contributed by atoms with Gasteiger partial charge in [0.1, 0.15) is 11.9 Å². The highest BCUT2D eigenvalue weighted by molar-refractivity contribution is 5.26. The maximum Gasteiger partial charge on any atom is 0.186 e. The second-order valence-corrected chi connectivity index (χ2v) is 6.65. The Morgan fingerprint density at radius 1 is 0.923 bits per heavy atom. The van der Waals surface area contributed by atoms with Crippen molar-refractivity contribution in [1.82, 2.24) is 0 Å². The molecule has 0 aliphatic carbocycles. The van der Waals surface area contributed by atoms with E-state index in [1.54, 1.807) is 7.11 Å². The number of rotatable bonds is 7. The summed E-state index contributed by atoms with van der Waals surface area (Å²) >= 11 is 0. The van der Waals surface area contributed by atoms with Gasteiger partial charge in [0.25, 0.3) is 0 Å². The van der Waals surface area contributed by atoms with Crippen LogP contribution >= 0.6 is 0 Å². The van der Waals surface area contributed by atoms with Gasteiger partial charge in [0.2, 0.25) is 0 Å². The summed E-state index contributed by atoms with van der Waals surface area (Å²) in [6.07, 6.45) is 0.255. The number of fused-ring (bicyclic) bond motifs is 2. The van der Waals surface area contributed by atoms with Gasteiger partial charge in [0.15, 0.2) is 6.29 Å². The van der Waals surface area contributed by atoms with E-state index in [9.17, 15) is 0 Å². The molecule has 2 saturated heterocycles. The minimum Gasteiger partial charge on any atom is -0.497 e. The lowest BCUT2D eigenvalue weighted by Crippen LogP contribution is -2.46. The molecule has 0 amide bonds. The van der Waals surface area contributed by atoms with Crippen molar-refractivity contribution >= 4 is 0 Å². The fourth-order valence-electron chi connectivity index (χ4n) is 3.38. The molecule has 2 aliphatic heterocycles. The van der Waals surface area contributed by atoms with Crippen LogP contribution in [0.1, 0.15) is 17.5 Å². The summed E-state index contributed by atoms with van der Waals surface area (Å²) in [7, 11) is 1.66. The zero-order valence-electron chi connectivity index (χ0n) is 14.9. The molecule has 0 N–H and O–H groups in total. The van der Waals surface area contributed by atoms with Gasteiger partial charge in [-0.05, 0) is 23.3 Å². The average Bonchev–Trinajstić information content (AvgIpc) is 3.09. The molecule has 0 spiro atoms. The molecule has 0 aromatic heterocycles. The first-order chi connectivity index (χ1) is 12.8. The summed E-state index contributed by atoms with van der Waals surface area (Å²) in [6.45, 7) is 1.65. The zero-order chi connectivity index (χ0) is 17.8. The number of benzene rings is 2. The molecule has 2 fully saturated rings. The van der Waals surface area contributed by atoms with Gasteiger partial charge in [-0.2, -0.15) is 0 Å². The van der Waals surface area contributed by atoms with Gasteiger partial charge >= 0.3 is 0 Å². The van der Waals surface area contributed by atoms with Crippen molar-refractivity contribution in [1.29, 1.82) is 0 Å². The summed E-state index contributed by atoms with van der Waals surface area (Å²) in [5, 5.41) is 0. The lowest BCUT2D eigenvalue weighted by Gasteiger charge is -2.35. The van der Waals surface area contributed by atoms with E-state index in [1.165, 1.54) is 0 Å². The van der Waals surface area contributed by atoms with Gasteiger partial charge in [-0.3, -0.25) is 0 Å². The second kappa shape index (κ2) is 8.18. The molecule has 2 aromatic rings. The highest BCUT2D eigenvalue weighted by atomic mass is 16.7. The maximum atomic E-state index is 6.18. The van der Waals surface area contributed by atoms with E-state index < -0.39 is 0 Å². The molecule has 4 atom stereocenters. The highest BCUT2D eigenvalue weighted by Gasteiger charge is 2.45. The van der Waals surface area contributed by atoms with E-state index in [4.69, 9.17) is 23.7 Å². The third-order valence-corrected chi connectivity index (χ3v) is 4.81. The molecule has 2 aromatic carbocycles. The summed E-state index contributed by atoms with van der Waals surface area (Å²) in [5.41, 5.74) is 2.23. The molecule has 2 heterocycles. The van der Waals surface area contributed by atoms with Gasteiger partial charge in [0.05, 0.1) is 39.1 Å². The topological polar surface area (TPSA) is 46.2 Å². The summed E-state index contributed by atoms with van der Waals surface area (Å²) in [5.74, 6) is 0.834. The van der Waals surface area contributed by atoms with Gasteiger partial charge in [0, 0.05) is 6.42 Å². The van der Waals surface area contributed by atoms with E-state index in [1.807, 2.05) is 42.5 Å². The Labute approximate surface area is 153 Å². The fraction of sp³-hybridized carbons (Fsp3) is 0.429. The van der Waals surface area contributed by atoms with E-state index in [-0.39, 0.29) is 24.6 Å². The van der Waals surface area contributed by atoms with Crippen LogP contribution in [0.15, 0.2) is 54.6 Å². The van der Waals surface area contributed by atoms with Crippen LogP contribution in [0.3, 0.4) is 0 Å². The molecule has 138 valence electrons. The maximum absolute atomic E-state index is 6.18. The molecule has 0 radical (unpaired) electrons. The number of ether oxygens (including phenoxy) is 5. The van der Waals surface area contributed by atoms with Crippen molar-refractivity contribution in [3.63, 3.8) is 0 Å². The molecule has 2 bridgehead atoms. The van der Waals surface area contributed by atoms with Crippen LogP contribution in [0.2, 0.25) is 0 Å². The van der Waals surface area contributed by atoms with Crippen molar-refractivity contribution < 1.29 is 23.7 Å². The molecule has 5 nitrogen and oxygen atoms in total. The highest BCUT2D eigenvalue weighted by Crippen LogP contribution is 2.32. The molecule has 0 saturated carbocycles. The molecular formula is C21H24O5. The van der Waals surface area contributed by atoms with Crippen molar-refractivity contribution in [2.45, 2.75) is 44.2 Å². The van der Waals surface area contributed by atoms with Crippen LogP contribution in [0, 0.1) is 0 Å². The van der Waals surface area contributed by atoms with Crippen molar-refractivity contribution in [2.24, 2.45) is 0 Å². The third-order valence-electron chi connectivity index (χ3n) is 4.81.